The molecule has 21 heavy (non-hydrogen) atoms. The number of halogens is 3. The van der Waals surface area contributed by atoms with Gasteiger partial charge in [0.1, 0.15) is 11.4 Å². The van der Waals surface area contributed by atoms with Gasteiger partial charge in [-0.25, -0.2) is 0 Å². The standard InChI is InChI=1S/C13H12F3N3O2/c1-17-7-10-11(20)6-12(21)19(18-10)9-4-2-8(3-5-9)13(14,15)16/h2-6,17,20H,7H2,1H3. The number of aromatic hydroxyl groups is 1. The fourth-order valence-electron chi connectivity index (χ4n) is 1.75. The van der Waals surface area contributed by atoms with E-state index in [1.165, 1.54) is 0 Å². The van der Waals surface area contributed by atoms with Crippen molar-refractivity contribution in [1.29, 1.82) is 0 Å². The zero-order valence-electron chi connectivity index (χ0n) is 11.0. The fourth-order valence-corrected chi connectivity index (χ4v) is 1.75. The molecule has 0 atom stereocenters. The highest BCUT2D eigenvalue weighted by Crippen LogP contribution is 2.29. The Morgan fingerprint density at radius 2 is 1.90 bits per heavy atom. The molecule has 1 aromatic carbocycles. The second kappa shape index (κ2) is 5.57. The third kappa shape index (κ3) is 3.22. The van der Waals surface area contributed by atoms with Crippen LogP contribution >= 0.6 is 0 Å². The molecule has 1 heterocycles. The summed E-state index contributed by atoms with van der Waals surface area (Å²) >= 11 is 0. The number of hydrogen-bond donors (Lipinski definition) is 2. The third-order valence-corrected chi connectivity index (χ3v) is 2.77. The molecule has 0 saturated heterocycles. The van der Waals surface area contributed by atoms with Crippen LogP contribution in [-0.2, 0) is 12.7 Å². The van der Waals surface area contributed by atoms with Crippen molar-refractivity contribution in [1.82, 2.24) is 15.1 Å². The SMILES string of the molecule is CNCc1nn(-c2ccc(C(F)(F)F)cc2)c(=O)cc1O. The van der Waals surface area contributed by atoms with E-state index in [0.29, 0.717) is 0 Å². The van der Waals surface area contributed by atoms with Gasteiger partial charge in [0.15, 0.2) is 0 Å². The van der Waals surface area contributed by atoms with E-state index in [-0.39, 0.29) is 23.7 Å². The van der Waals surface area contributed by atoms with Crippen molar-refractivity contribution in [2.75, 3.05) is 7.05 Å². The van der Waals surface area contributed by atoms with Gasteiger partial charge in [0.05, 0.1) is 11.3 Å². The van der Waals surface area contributed by atoms with Gasteiger partial charge in [-0.15, -0.1) is 0 Å². The van der Waals surface area contributed by atoms with Crippen molar-refractivity contribution < 1.29 is 18.3 Å². The topological polar surface area (TPSA) is 67.2 Å². The molecule has 8 heteroatoms. The van der Waals surface area contributed by atoms with Gasteiger partial charge in [0.25, 0.3) is 5.56 Å². The quantitative estimate of drug-likeness (QED) is 0.905. The maximum atomic E-state index is 12.5. The maximum absolute atomic E-state index is 12.5. The molecule has 0 spiro atoms. The van der Waals surface area contributed by atoms with Gasteiger partial charge in [-0.2, -0.15) is 23.0 Å². The Balaban J connectivity index is 2.47. The van der Waals surface area contributed by atoms with Gasteiger partial charge in [-0.3, -0.25) is 4.79 Å². The molecule has 0 aliphatic carbocycles. The summed E-state index contributed by atoms with van der Waals surface area (Å²) < 4.78 is 38.4. The summed E-state index contributed by atoms with van der Waals surface area (Å²) in [6.07, 6.45) is -4.44. The Morgan fingerprint density at radius 1 is 1.29 bits per heavy atom. The smallest absolute Gasteiger partial charge is 0.416 e. The van der Waals surface area contributed by atoms with Gasteiger partial charge in [0.2, 0.25) is 0 Å². The summed E-state index contributed by atoms with van der Waals surface area (Å²) in [5, 5.41) is 16.3. The van der Waals surface area contributed by atoms with E-state index in [9.17, 15) is 23.1 Å². The molecule has 0 unspecified atom stereocenters. The van der Waals surface area contributed by atoms with Crippen molar-refractivity contribution in [3.8, 4) is 11.4 Å². The van der Waals surface area contributed by atoms with Crippen LogP contribution in [0.4, 0.5) is 13.2 Å². The van der Waals surface area contributed by atoms with Crippen LogP contribution in [0.1, 0.15) is 11.3 Å². The lowest BCUT2D eigenvalue weighted by atomic mass is 10.2. The molecule has 0 bridgehead atoms. The average molecular weight is 299 g/mol. The normalized spacial score (nSPS) is 11.6. The van der Waals surface area contributed by atoms with E-state index in [2.05, 4.69) is 10.4 Å². The zero-order chi connectivity index (χ0) is 15.6. The summed E-state index contributed by atoms with van der Waals surface area (Å²) in [5.74, 6) is -0.266. The van der Waals surface area contributed by atoms with Crippen LogP contribution in [0.25, 0.3) is 5.69 Å². The van der Waals surface area contributed by atoms with Gasteiger partial charge >= 0.3 is 6.18 Å². The van der Waals surface area contributed by atoms with E-state index in [1.807, 2.05) is 0 Å². The van der Waals surface area contributed by atoms with E-state index < -0.39 is 17.3 Å². The first-order valence-electron chi connectivity index (χ1n) is 5.97. The molecule has 2 aromatic rings. The van der Waals surface area contributed by atoms with Crippen LogP contribution in [-0.4, -0.2) is 21.9 Å². The molecule has 112 valence electrons. The molecule has 0 radical (unpaired) electrons. The van der Waals surface area contributed by atoms with Crippen LogP contribution in [0.3, 0.4) is 0 Å². The monoisotopic (exact) mass is 299 g/mol. The van der Waals surface area contributed by atoms with Crippen molar-refractivity contribution in [2.45, 2.75) is 12.7 Å². The molecule has 0 aliphatic rings. The minimum absolute atomic E-state index is 0.186. The highest BCUT2D eigenvalue weighted by molar-refractivity contribution is 5.36. The number of alkyl halides is 3. The third-order valence-electron chi connectivity index (χ3n) is 2.77. The molecule has 5 nitrogen and oxygen atoms in total. The summed E-state index contributed by atoms with van der Waals surface area (Å²) in [7, 11) is 1.63. The van der Waals surface area contributed by atoms with Crippen molar-refractivity contribution in [2.24, 2.45) is 0 Å². The molecule has 0 amide bonds. The van der Waals surface area contributed by atoms with Crippen LogP contribution in [0.15, 0.2) is 35.1 Å². The highest BCUT2D eigenvalue weighted by Gasteiger charge is 2.30. The lowest BCUT2D eigenvalue weighted by molar-refractivity contribution is -0.137. The first-order chi connectivity index (χ1) is 9.82. The van der Waals surface area contributed by atoms with Gasteiger partial charge in [-0.05, 0) is 31.3 Å². The van der Waals surface area contributed by atoms with E-state index >= 15 is 0 Å². The molecule has 0 saturated carbocycles. The van der Waals surface area contributed by atoms with E-state index in [0.717, 1.165) is 35.0 Å². The van der Waals surface area contributed by atoms with Crippen LogP contribution in [0, 0.1) is 0 Å². The average Bonchev–Trinajstić information content (AvgIpc) is 2.41. The first-order valence-corrected chi connectivity index (χ1v) is 5.97. The minimum Gasteiger partial charge on any atom is -0.506 e. The Hall–Kier alpha value is -2.35. The second-order valence-corrected chi connectivity index (χ2v) is 4.30. The van der Waals surface area contributed by atoms with E-state index in [1.54, 1.807) is 7.05 Å². The van der Waals surface area contributed by atoms with Crippen molar-refractivity contribution in [3.05, 3.63) is 51.9 Å². The zero-order valence-corrected chi connectivity index (χ0v) is 11.0. The molecule has 2 rings (SSSR count). The molecule has 2 N–H and O–H groups in total. The summed E-state index contributed by atoms with van der Waals surface area (Å²) in [6.45, 7) is 0.215. The van der Waals surface area contributed by atoms with Gasteiger partial charge < -0.3 is 10.4 Å². The Bertz CT molecular complexity index is 693. The molecular weight excluding hydrogens is 287 g/mol. The number of aromatic nitrogens is 2. The van der Waals surface area contributed by atoms with Crippen LogP contribution in [0.2, 0.25) is 0 Å². The Labute approximate surface area is 117 Å². The minimum atomic E-state index is -4.44. The first kappa shape index (κ1) is 15.0. The summed E-state index contributed by atoms with van der Waals surface area (Å²) in [4.78, 5) is 11.8. The number of hydrogen-bond acceptors (Lipinski definition) is 4. The second-order valence-electron chi connectivity index (χ2n) is 4.30. The lowest BCUT2D eigenvalue weighted by Gasteiger charge is -2.10. The number of nitrogens with one attached hydrogen (secondary N) is 1. The van der Waals surface area contributed by atoms with Gasteiger partial charge in [0, 0.05) is 12.6 Å². The summed E-state index contributed by atoms with van der Waals surface area (Å²) in [6, 6.07) is 5.01. The maximum Gasteiger partial charge on any atom is 0.416 e. The summed E-state index contributed by atoms with van der Waals surface area (Å²) in [5.41, 5.74) is -1.04. The fraction of sp³-hybridized carbons (Fsp3) is 0.231. The van der Waals surface area contributed by atoms with E-state index in [4.69, 9.17) is 0 Å². The van der Waals surface area contributed by atoms with Crippen molar-refractivity contribution >= 4 is 0 Å². The van der Waals surface area contributed by atoms with Crippen LogP contribution in [0.5, 0.6) is 5.75 Å². The number of benzene rings is 1. The predicted molar refractivity (Wildman–Crippen MR) is 69.3 cm³/mol. The molecule has 0 aliphatic heterocycles. The lowest BCUT2D eigenvalue weighted by Crippen LogP contribution is -2.23. The van der Waals surface area contributed by atoms with Crippen molar-refractivity contribution in [3.63, 3.8) is 0 Å². The Morgan fingerprint density at radius 3 is 2.43 bits per heavy atom. The Kier molecular flexibility index (Phi) is 3.99. The van der Waals surface area contributed by atoms with Crippen LogP contribution < -0.4 is 10.9 Å². The molecular formula is C13H12F3N3O2. The molecule has 0 fully saturated rings. The molecule has 1 aromatic heterocycles. The predicted octanol–water partition coefficient (Wildman–Crippen LogP) is 1.68. The number of nitrogens with zero attached hydrogens (tertiary/aromatic N) is 2. The highest BCUT2D eigenvalue weighted by atomic mass is 19.4. The largest absolute Gasteiger partial charge is 0.506 e. The number of rotatable bonds is 3. The van der Waals surface area contributed by atoms with Gasteiger partial charge in [-0.1, -0.05) is 0 Å².